The fourth-order valence-electron chi connectivity index (χ4n) is 5.21. The van der Waals surface area contributed by atoms with Crippen LogP contribution in [-0.2, 0) is 13.0 Å². The van der Waals surface area contributed by atoms with E-state index in [9.17, 15) is 15.0 Å². The van der Waals surface area contributed by atoms with Crippen molar-refractivity contribution in [2.24, 2.45) is 0 Å². The monoisotopic (exact) mass is 561 g/mol. The predicted molar refractivity (Wildman–Crippen MR) is 155 cm³/mol. The lowest BCUT2D eigenvalue weighted by Gasteiger charge is -2.39. The van der Waals surface area contributed by atoms with Gasteiger partial charge in [-0.1, -0.05) is 37.3 Å². The Labute approximate surface area is 241 Å². The summed E-state index contributed by atoms with van der Waals surface area (Å²) in [6.07, 6.45) is 1.76. The minimum Gasteiger partial charge on any atom is -0.493 e. The van der Waals surface area contributed by atoms with Gasteiger partial charge in [0, 0.05) is 50.9 Å². The van der Waals surface area contributed by atoms with Gasteiger partial charge >= 0.3 is 0 Å². The zero-order valence-electron chi connectivity index (χ0n) is 23.7. The molecular formula is C32H39N3O6. The number of pyridine rings is 1. The molecule has 2 N–H and O–H groups in total. The lowest BCUT2D eigenvalue weighted by atomic mass is 9.91. The summed E-state index contributed by atoms with van der Waals surface area (Å²) in [7, 11) is 1.64. The van der Waals surface area contributed by atoms with E-state index in [0.29, 0.717) is 75.3 Å². The van der Waals surface area contributed by atoms with Crippen LogP contribution in [0.5, 0.6) is 17.2 Å². The number of hydrogen-bond donors (Lipinski definition) is 2. The number of benzene rings is 2. The maximum atomic E-state index is 13.1. The Morgan fingerprint density at radius 2 is 1.73 bits per heavy atom. The molecule has 2 aliphatic heterocycles. The number of aryl methyl sites for hydroxylation is 1. The third-order valence-electron chi connectivity index (χ3n) is 7.91. The van der Waals surface area contributed by atoms with Crippen molar-refractivity contribution >= 4 is 5.91 Å². The molecule has 2 aliphatic rings. The molecule has 2 atom stereocenters. The third-order valence-corrected chi connectivity index (χ3v) is 7.91. The second-order valence-electron chi connectivity index (χ2n) is 10.7. The van der Waals surface area contributed by atoms with Crippen molar-refractivity contribution in [1.82, 2.24) is 14.8 Å². The quantitative estimate of drug-likeness (QED) is 0.368. The third kappa shape index (κ3) is 7.16. The van der Waals surface area contributed by atoms with E-state index in [4.69, 9.17) is 14.2 Å². The van der Waals surface area contributed by atoms with E-state index in [1.54, 1.807) is 30.3 Å². The van der Waals surface area contributed by atoms with Crippen LogP contribution in [-0.4, -0.2) is 89.6 Å². The highest BCUT2D eigenvalue weighted by molar-refractivity contribution is 5.93. The number of aliphatic hydroxyl groups excluding tert-OH is 2. The average Bonchev–Trinajstić information content (AvgIpc) is 2.97. The lowest BCUT2D eigenvalue weighted by molar-refractivity contribution is -0.0402. The molecule has 1 amide bonds. The molecule has 0 unspecified atom stereocenters. The van der Waals surface area contributed by atoms with Gasteiger partial charge in [0.05, 0.1) is 19.3 Å². The van der Waals surface area contributed by atoms with Crippen molar-refractivity contribution in [2.75, 3.05) is 46.4 Å². The number of aliphatic hydroxyl groups is 2. The van der Waals surface area contributed by atoms with Crippen LogP contribution in [0.3, 0.4) is 0 Å². The standard InChI is InChI=1S/C32H39N3O6/c1-3-22-4-6-23(7-5-22)21-41-30-9-8-24(16-31(30)39-2)25-18-35(19-25)32(38)27-17-26(10-12-33-27)40-15-14-34-13-11-28(36)29(37)20-34/h4-10,12,16-17,25,28-29,36-37H,3,11,13-15,18-21H2,1-2H3/t28-,29+/m0/s1. The molecule has 218 valence electrons. The minimum absolute atomic E-state index is 0.124. The Kier molecular flexibility index (Phi) is 9.38. The van der Waals surface area contributed by atoms with E-state index in [2.05, 4.69) is 41.1 Å². The van der Waals surface area contributed by atoms with Gasteiger partial charge in [0.1, 0.15) is 24.7 Å². The van der Waals surface area contributed by atoms with E-state index in [1.807, 2.05) is 18.2 Å². The molecule has 0 spiro atoms. The van der Waals surface area contributed by atoms with E-state index >= 15 is 0 Å². The number of hydrogen-bond acceptors (Lipinski definition) is 8. The smallest absolute Gasteiger partial charge is 0.272 e. The normalized spacial score (nSPS) is 19.5. The molecule has 1 aromatic heterocycles. The molecule has 3 aromatic rings. The highest BCUT2D eigenvalue weighted by Gasteiger charge is 2.33. The summed E-state index contributed by atoms with van der Waals surface area (Å²) < 4.78 is 17.5. The Morgan fingerprint density at radius 1 is 0.951 bits per heavy atom. The molecule has 0 saturated carbocycles. The number of nitrogens with zero attached hydrogens (tertiary/aromatic N) is 3. The van der Waals surface area contributed by atoms with Gasteiger partial charge in [-0.3, -0.25) is 14.7 Å². The summed E-state index contributed by atoms with van der Waals surface area (Å²) in [5.41, 5.74) is 3.86. The number of β-amino-alcohol motifs (C(OH)–C–C–N with tert-alkyl or cyclic N) is 1. The van der Waals surface area contributed by atoms with Crippen LogP contribution < -0.4 is 14.2 Å². The topological polar surface area (TPSA) is 105 Å². The fraction of sp³-hybridized carbons (Fsp3) is 0.438. The first-order valence-corrected chi connectivity index (χ1v) is 14.3. The van der Waals surface area contributed by atoms with Gasteiger partial charge in [0.25, 0.3) is 5.91 Å². The van der Waals surface area contributed by atoms with E-state index in [0.717, 1.165) is 17.5 Å². The van der Waals surface area contributed by atoms with Crippen molar-refractivity contribution in [2.45, 2.75) is 44.5 Å². The molecule has 2 saturated heterocycles. The molecule has 5 rings (SSSR count). The summed E-state index contributed by atoms with van der Waals surface area (Å²) in [6, 6.07) is 17.8. The first kappa shape index (κ1) is 28.9. The summed E-state index contributed by atoms with van der Waals surface area (Å²) >= 11 is 0. The van der Waals surface area contributed by atoms with Crippen LogP contribution in [0.4, 0.5) is 0 Å². The number of aromatic nitrogens is 1. The summed E-state index contributed by atoms with van der Waals surface area (Å²) in [5, 5.41) is 19.5. The number of amides is 1. The molecule has 9 nitrogen and oxygen atoms in total. The second kappa shape index (κ2) is 13.3. The van der Waals surface area contributed by atoms with Crippen LogP contribution in [0.15, 0.2) is 60.8 Å². The molecule has 0 radical (unpaired) electrons. The zero-order chi connectivity index (χ0) is 28.8. The van der Waals surface area contributed by atoms with E-state index in [-0.39, 0.29) is 11.8 Å². The van der Waals surface area contributed by atoms with Gasteiger partial charge in [0.2, 0.25) is 0 Å². The first-order chi connectivity index (χ1) is 19.9. The van der Waals surface area contributed by atoms with Crippen LogP contribution in [0.25, 0.3) is 0 Å². The second-order valence-corrected chi connectivity index (χ2v) is 10.7. The summed E-state index contributed by atoms with van der Waals surface area (Å²) in [6.45, 7) is 5.99. The summed E-state index contributed by atoms with van der Waals surface area (Å²) in [5.74, 6) is 2.04. The zero-order valence-corrected chi connectivity index (χ0v) is 23.7. The minimum atomic E-state index is -0.726. The van der Waals surface area contributed by atoms with Crippen molar-refractivity contribution in [1.29, 1.82) is 0 Å². The number of likely N-dealkylation sites (tertiary alicyclic amines) is 2. The molecule has 3 heterocycles. The Bertz CT molecular complexity index is 1310. The van der Waals surface area contributed by atoms with Gasteiger partial charge in [-0.05, 0) is 47.7 Å². The van der Waals surface area contributed by atoms with Crippen LogP contribution in [0.2, 0.25) is 0 Å². The summed E-state index contributed by atoms with van der Waals surface area (Å²) in [4.78, 5) is 21.2. The Morgan fingerprint density at radius 3 is 2.46 bits per heavy atom. The van der Waals surface area contributed by atoms with Crippen molar-refractivity contribution < 1.29 is 29.2 Å². The number of carbonyl (C=O) groups is 1. The van der Waals surface area contributed by atoms with Gasteiger partial charge < -0.3 is 29.3 Å². The maximum Gasteiger partial charge on any atom is 0.272 e. The number of ether oxygens (including phenoxy) is 3. The number of rotatable bonds is 11. The number of piperidine rings is 1. The highest BCUT2D eigenvalue weighted by atomic mass is 16.5. The Hall–Kier alpha value is -3.66. The van der Waals surface area contributed by atoms with Gasteiger partial charge in [-0.15, -0.1) is 0 Å². The van der Waals surface area contributed by atoms with Gasteiger partial charge in [0.15, 0.2) is 11.5 Å². The van der Waals surface area contributed by atoms with Crippen molar-refractivity contribution in [3.05, 3.63) is 83.2 Å². The molecule has 0 aliphatic carbocycles. The van der Waals surface area contributed by atoms with Crippen molar-refractivity contribution in [3.63, 3.8) is 0 Å². The van der Waals surface area contributed by atoms with Gasteiger partial charge in [-0.25, -0.2) is 0 Å². The molecule has 9 heteroatoms. The molecule has 2 fully saturated rings. The van der Waals surface area contributed by atoms with Crippen molar-refractivity contribution in [3.8, 4) is 17.2 Å². The maximum absolute atomic E-state index is 13.1. The fourth-order valence-corrected chi connectivity index (χ4v) is 5.21. The van der Waals surface area contributed by atoms with E-state index in [1.165, 1.54) is 5.56 Å². The van der Waals surface area contributed by atoms with Crippen LogP contribution >= 0.6 is 0 Å². The lowest BCUT2D eigenvalue weighted by Crippen LogP contribution is -2.48. The molecule has 41 heavy (non-hydrogen) atoms. The molecule has 0 bridgehead atoms. The largest absolute Gasteiger partial charge is 0.493 e. The Balaban J connectivity index is 1.11. The number of methoxy groups -OCH3 is 1. The SMILES string of the molecule is CCc1ccc(COc2ccc(C3CN(C(=O)c4cc(OCCN5CC[C@H](O)[C@H](O)C5)ccn4)C3)cc2OC)cc1. The average molecular weight is 562 g/mol. The van der Waals surface area contributed by atoms with Gasteiger partial charge in [-0.2, -0.15) is 0 Å². The van der Waals surface area contributed by atoms with E-state index < -0.39 is 12.2 Å². The predicted octanol–water partition coefficient (Wildman–Crippen LogP) is 3.28. The molecular weight excluding hydrogens is 522 g/mol. The number of carbonyl (C=O) groups excluding carboxylic acids is 1. The van der Waals surface area contributed by atoms with Crippen LogP contribution in [0, 0.1) is 0 Å². The van der Waals surface area contributed by atoms with Crippen LogP contribution in [0.1, 0.15) is 46.4 Å². The first-order valence-electron chi connectivity index (χ1n) is 14.3. The molecule has 2 aromatic carbocycles. The highest BCUT2D eigenvalue weighted by Crippen LogP contribution is 2.35.